The second kappa shape index (κ2) is 12.9. The maximum atomic E-state index is 12.7. The zero-order valence-corrected chi connectivity index (χ0v) is 20.1. The fourth-order valence-corrected chi connectivity index (χ4v) is 4.07. The second-order valence-corrected chi connectivity index (χ2v) is 8.61. The van der Waals surface area contributed by atoms with Gasteiger partial charge in [0.05, 0.1) is 11.4 Å². The van der Waals surface area contributed by atoms with Crippen molar-refractivity contribution in [1.82, 2.24) is 10.5 Å². The number of benzene rings is 2. The number of nitrogens with one attached hydrogen (secondary N) is 2. The molecule has 0 bridgehead atoms. The SMILES string of the molecule is O=C(NO)[C@@H]1CCCC[C@H]1C(=O)Nc1ccc(COc2ccc3ncccc3c2)cc1.O=C(O)C(F)(F)F. The molecule has 38 heavy (non-hydrogen) atoms. The Labute approximate surface area is 215 Å². The Morgan fingerprint density at radius 1 is 0.974 bits per heavy atom. The highest BCUT2D eigenvalue weighted by atomic mass is 19.4. The van der Waals surface area contributed by atoms with E-state index in [1.807, 2.05) is 54.6 Å². The third-order valence-corrected chi connectivity index (χ3v) is 5.99. The Balaban J connectivity index is 0.000000505. The molecule has 0 spiro atoms. The Bertz CT molecular complexity index is 1270. The standard InChI is InChI=1S/C24H25N3O4.C2HF3O2/c28-23(20-5-1-2-6-21(20)24(29)27-30)26-18-9-7-16(8-10-18)15-31-19-11-12-22-17(14-19)4-3-13-25-22;3-2(4,5)1(6)7/h3-4,7-14,20-21,30H,1-2,5-6,15H2,(H,26,28)(H,27,29);(H,6,7)/t20-,21-;/m1./s1. The van der Waals surface area contributed by atoms with Crippen LogP contribution in [0.15, 0.2) is 60.8 Å². The molecule has 0 saturated heterocycles. The van der Waals surface area contributed by atoms with Gasteiger partial charge in [0.15, 0.2) is 0 Å². The third-order valence-electron chi connectivity index (χ3n) is 5.99. The van der Waals surface area contributed by atoms with Crippen LogP contribution in [0.1, 0.15) is 31.2 Å². The lowest BCUT2D eigenvalue weighted by molar-refractivity contribution is -0.192. The summed E-state index contributed by atoms with van der Waals surface area (Å²) in [6.07, 6.45) is -0.305. The maximum Gasteiger partial charge on any atom is 0.490 e. The number of aliphatic carboxylic acids is 1. The fourth-order valence-electron chi connectivity index (χ4n) is 4.07. The van der Waals surface area contributed by atoms with Gasteiger partial charge < -0.3 is 15.2 Å². The highest BCUT2D eigenvalue weighted by molar-refractivity contribution is 5.96. The summed E-state index contributed by atoms with van der Waals surface area (Å²) in [5.74, 6) is -3.61. The molecule has 2 aromatic carbocycles. The number of carboxylic acids is 1. The fraction of sp³-hybridized carbons (Fsp3) is 0.308. The number of pyridine rings is 1. The van der Waals surface area contributed by atoms with Gasteiger partial charge in [-0.1, -0.05) is 31.0 Å². The molecule has 1 fully saturated rings. The van der Waals surface area contributed by atoms with Crippen LogP contribution in [0, 0.1) is 11.8 Å². The summed E-state index contributed by atoms with van der Waals surface area (Å²) in [4.78, 5) is 37.8. The molecular formula is C26H26F3N3O6. The highest BCUT2D eigenvalue weighted by Crippen LogP contribution is 2.31. The number of amides is 2. The Morgan fingerprint density at radius 3 is 2.21 bits per heavy atom. The predicted octanol–water partition coefficient (Wildman–Crippen LogP) is 4.70. The van der Waals surface area contributed by atoms with Crippen molar-refractivity contribution in [3.8, 4) is 5.75 Å². The monoisotopic (exact) mass is 533 g/mol. The van der Waals surface area contributed by atoms with E-state index in [4.69, 9.17) is 19.8 Å². The number of hydrogen-bond acceptors (Lipinski definition) is 6. The van der Waals surface area contributed by atoms with E-state index in [9.17, 15) is 22.8 Å². The number of ether oxygens (including phenoxy) is 1. The van der Waals surface area contributed by atoms with Gasteiger partial charge in [0.25, 0.3) is 0 Å². The van der Waals surface area contributed by atoms with Gasteiger partial charge in [-0.3, -0.25) is 19.8 Å². The number of carbonyl (C=O) groups excluding carboxylic acids is 2. The lowest BCUT2D eigenvalue weighted by atomic mass is 9.78. The van der Waals surface area contributed by atoms with Crippen molar-refractivity contribution < 1.29 is 42.6 Å². The molecular weight excluding hydrogens is 507 g/mol. The lowest BCUT2D eigenvalue weighted by Crippen LogP contribution is -2.40. The summed E-state index contributed by atoms with van der Waals surface area (Å²) in [6, 6.07) is 17.1. The van der Waals surface area contributed by atoms with Crippen molar-refractivity contribution in [2.45, 2.75) is 38.5 Å². The second-order valence-electron chi connectivity index (χ2n) is 8.61. The molecule has 202 valence electrons. The number of halogens is 3. The summed E-state index contributed by atoms with van der Waals surface area (Å²) >= 11 is 0. The van der Waals surface area contributed by atoms with Gasteiger partial charge in [0.2, 0.25) is 11.8 Å². The molecule has 12 heteroatoms. The van der Waals surface area contributed by atoms with Crippen molar-refractivity contribution in [3.05, 3.63) is 66.4 Å². The number of fused-ring (bicyclic) bond motifs is 1. The van der Waals surface area contributed by atoms with Gasteiger partial charge in [-0.05, 0) is 54.8 Å². The molecule has 0 aliphatic heterocycles. The van der Waals surface area contributed by atoms with E-state index in [1.54, 1.807) is 11.7 Å². The van der Waals surface area contributed by atoms with Crippen LogP contribution in [-0.2, 0) is 21.0 Å². The first-order valence-electron chi connectivity index (χ1n) is 11.7. The van der Waals surface area contributed by atoms with Gasteiger partial charge in [-0.2, -0.15) is 13.2 Å². The number of nitrogens with zero attached hydrogens (tertiary/aromatic N) is 1. The minimum absolute atomic E-state index is 0.193. The van der Waals surface area contributed by atoms with Crippen molar-refractivity contribution in [3.63, 3.8) is 0 Å². The molecule has 3 aromatic rings. The van der Waals surface area contributed by atoms with E-state index >= 15 is 0 Å². The van der Waals surface area contributed by atoms with E-state index < -0.39 is 29.9 Å². The first kappa shape index (κ1) is 28.4. The molecule has 4 N–H and O–H groups in total. The van der Waals surface area contributed by atoms with E-state index in [0.29, 0.717) is 25.1 Å². The predicted molar refractivity (Wildman–Crippen MR) is 130 cm³/mol. The number of anilines is 1. The Kier molecular flexibility index (Phi) is 9.61. The summed E-state index contributed by atoms with van der Waals surface area (Å²) < 4.78 is 37.6. The third kappa shape index (κ3) is 7.90. The van der Waals surface area contributed by atoms with Gasteiger partial charge >= 0.3 is 12.1 Å². The van der Waals surface area contributed by atoms with Crippen LogP contribution in [-0.4, -0.2) is 39.3 Å². The normalized spacial score (nSPS) is 17.1. The van der Waals surface area contributed by atoms with Crippen molar-refractivity contribution in [2.75, 3.05) is 5.32 Å². The Morgan fingerprint density at radius 2 is 1.61 bits per heavy atom. The molecule has 9 nitrogen and oxygen atoms in total. The van der Waals surface area contributed by atoms with E-state index in [2.05, 4.69) is 10.3 Å². The molecule has 2 amide bonds. The average Bonchev–Trinajstić information content (AvgIpc) is 2.92. The van der Waals surface area contributed by atoms with Crippen LogP contribution in [0.2, 0.25) is 0 Å². The molecule has 0 unspecified atom stereocenters. The topological polar surface area (TPSA) is 138 Å². The summed E-state index contributed by atoms with van der Waals surface area (Å²) in [6.45, 7) is 0.404. The molecule has 1 aromatic heterocycles. The minimum atomic E-state index is -5.08. The van der Waals surface area contributed by atoms with Crippen molar-refractivity contribution in [1.29, 1.82) is 0 Å². The smallest absolute Gasteiger partial charge is 0.489 e. The molecule has 1 heterocycles. The summed E-state index contributed by atoms with van der Waals surface area (Å²) in [5.41, 5.74) is 4.25. The summed E-state index contributed by atoms with van der Waals surface area (Å²) in [7, 11) is 0. The van der Waals surface area contributed by atoms with Crippen LogP contribution in [0.5, 0.6) is 5.75 Å². The Hall–Kier alpha value is -4.19. The molecule has 1 saturated carbocycles. The van der Waals surface area contributed by atoms with Gasteiger partial charge in [-0.25, -0.2) is 10.3 Å². The zero-order chi connectivity index (χ0) is 27.7. The van der Waals surface area contributed by atoms with Crippen LogP contribution in [0.3, 0.4) is 0 Å². The van der Waals surface area contributed by atoms with Crippen molar-refractivity contribution in [2.24, 2.45) is 11.8 Å². The number of alkyl halides is 3. The largest absolute Gasteiger partial charge is 0.490 e. The quantitative estimate of drug-likeness (QED) is 0.266. The number of rotatable bonds is 6. The molecule has 0 radical (unpaired) electrons. The first-order valence-corrected chi connectivity index (χ1v) is 11.7. The van der Waals surface area contributed by atoms with Crippen LogP contribution in [0.25, 0.3) is 10.9 Å². The zero-order valence-electron chi connectivity index (χ0n) is 20.1. The highest BCUT2D eigenvalue weighted by Gasteiger charge is 2.38. The number of carbonyl (C=O) groups is 3. The summed E-state index contributed by atoms with van der Waals surface area (Å²) in [5, 5.41) is 20.0. The molecule has 2 atom stereocenters. The van der Waals surface area contributed by atoms with E-state index in [0.717, 1.165) is 35.1 Å². The van der Waals surface area contributed by atoms with Gasteiger partial charge in [0.1, 0.15) is 12.4 Å². The number of hydroxylamine groups is 1. The van der Waals surface area contributed by atoms with E-state index in [1.165, 1.54) is 0 Å². The first-order chi connectivity index (χ1) is 18.1. The number of hydrogen-bond donors (Lipinski definition) is 4. The van der Waals surface area contributed by atoms with E-state index in [-0.39, 0.29) is 5.91 Å². The molecule has 4 rings (SSSR count). The number of aromatic nitrogens is 1. The average molecular weight is 534 g/mol. The molecule has 1 aliphatic rings. The van der Waals surface area contributed by atoms with Crippen molar-refractivity contribution >= 4 is 34.4 Å². The minimum Gasteiger partial charge on any atom is -0.489 e. The van der Waals surface area contributed by atoms with Gasteiger partial charge in [0, 0.05) is 23.2 Å². The maximum absolute atomic E-state index is 12.7. The number of carboxylic acid groups (broad SMARTS) is 1. The van der Waals surface area contributed by atoms with Crippen LogP contribution >= 0.6 is 0 Å². The van der Waals surface area contributed by atoms with Crippen LogP contribution in [0.4, 0.5) is 18.9 Å². The van der Waals surface area contributed by atoms with Gasteiger partial charge in [-0.15, -0.1) is 0 Å². The molecule has 1 aliphatic carbocycles. The lowest BCUT2D eigenvalue weighted by Gasteiger charge is -2.28. The van der Waals surface area contributed by atoms with Crippen LogP contribution < -0.4 is 15.5 Å².